The highest BCUT2D eigenvalue weighted by Gasteiger charge is 2.15. The minimum absolute atomic E-state index is 0.0902. The molecule has 0 aliphatic heterocycles. The fourth-order valence-corrected chi connectivity index (χ4v) is 3.16. The average Bonchev–Trinajstić information content (AvgIpc) is 2.72. The summed E-state index contributed by atoms with van der Waals surface area (Å²) >= 11 is 0. The molecule has 164 valence electrons. The molecule has 0 saturated heterocycles. The van der Waals surface area contributed by atoms with E-state index in [1.807, 2.05) is 11.6 Å². The zero-order chi connectivity index (χ0) is 23.0. The number of aromatic nitrogens is 1. The van der Waals surface area contributed by atoms with Gasteiger partial charge in [-0.2, -0.15) is 5.26 Å². The molecule has 31 heavy (non-hydrogen) atoms. The van der Waals surface area contributed by atoms with E-state index >= 15 is 0 Å². The summed E-state index contributed by atoms with van der Waals surface area (Å²) in [5.74, 6) is -0.982. The molecular weight excluding hydrogens is 428 g/mol. The van der Waals surface area contributed by atoms with E-state index in [1.165, 1.54) is 24.3 Å². The van der Waals surface area contributed by atoms with Crippen molar-refractivity contribution in [1.82, 2.24) is 10.3 Å². The van der Waals surface area contributed by atoms with E-state index in [0.29, 0.717) is 17.9 Å². The molecule has 0 bridgehead atoms. The van der Waals surface area contributed by atoms with Crippen molar-refractivity contribution >= 4 is 33.5 Å². The number of amides is 1. The smallest absolute Gasteiger partial charge is 0.244 e. The highest BCUT2D eigenvalue weighted by Crippen LogP contribution is 2.23. The molecule has 1 aromatic heterocycles. The van der Waals surface area contributed by atoms with Gasteiger partial charge in [0.05, 0.1) is 17.5 Å². The molecule has 0 spiro atoms. The molecule has 0 radical (unpaired) electrons. The maximum atomic E-state index is 14.3. The van der Waals surface area contributed by atoms with Crippen molar-refractivity contribution in [3.8, 4) is 6.07 Å². The molecule has 2 rings (SSSR count). The lowest BCUT2D eigenvalue weighted by Crippen LogP contribution is -2.21. The van der Waals surface area contributed by atoms with Gasteiger partial charge in [-0.05, 0) is 42.8 Å². The van der Waals surface area contributed by atoms with Crippen LogP contribution in [0.5, 0.6) is 0 Å². The highest BCUT2D eigenvalue weighted by atomic mass is 32.2. The second-order valence-corrected chi connectivity index (χ2v) is 8.19. The van der Waals surface area contributed by atoms with E-state index in [-0.39, 0.29) is 23.4 Å². The van der Waals surface area contributed by atoms with Gasteiger partial charge < -0.3 is 10.6 Å². The largest absolute Gasteiger partial charge is 0.370 e. The molecule has 0 unspecified atom stereocenters. The number of carbonyl (C=O) groups excluding carboxylic acids is 1. The van der Waals surface area contributed by atoms with Crippen molar-refractivity contribution in [3.63, 3.8) is 0 Å². The van der Waals surface area contributed by atoms with Crippen LogP contribution in [0.3, 0.4) is 0 Å². The first kappa shape index (κ1) is 23.8. The number of rotatable bonds is 9. The number of carbonyl (C=O) groups is 1. The Hall–Kier alpha value is -3.52. The van der Waals surface area contributed by atoms with Crippen molar-refractivity contribution in [1.29, 1.82) is 5.26 Å². The van der Waals surface area contributed by atoms with E-state index in [1.54, 1.807) is 12.1 Å². The second-order valence-electron chi connectivity index (χ2n) is 6.44. The van der Waals surface area contributed by atoms with Crippen LogP contribution in [0.4, 0.5) is 20.3 Å². The number of sulfonamides is 1. The Bertz CT molecular complexity index is 1140. The molecule has 1 amide bonds. The fourth-order valence-electron chi connectivity index (χ4n) is 2.58. The van der Waals surface area contributed by atoms with Crippen molar-refractivity contribution in [2.24, 2.45) is 0 Å². The summed E-state index contributed by atoms with van der Waals surface area (Å²) < 4.78 is 51.7. The number of pyridine rings is 1. The summed E-state index contributed by atoms with van der Waals surface area (Å²) in [7, 11) is -3.77. The third-order valence-corrected chi connectivity index (χ3v) is 4.48. The first-order chi connectivity index (χ1) is 14.7. The number of hydrogen-bond donors (Lipinski definition) is 3. The van der Waals surface area contributed by atoms with Crippen molar-refractivity contribution in [2.75, 3.05) is 22.8 Å². The van der Waals surface area contributed by atoms with E-state index in [0.717, 1.165) is 12.3 Å². The number of nitrogens with one attached hydrogen (secondary N) is 3. The summed E-state index contributed by atoms with van der Waals surface area (Å²) in [4.78, 5) is 16.3. The lowest BCUT2D eigenvalue weighted by Gasteiger charge is -2.10. The van der Waals surface area contributed by atoms with Crippen LogP contribution in [0, 0.1) is 17.1 Å². The standard InChI is InChI=1S/C20H21F2N5O3S/c1-3-24-20-14(4-6-16(10-21)26-20)5-7-18(28)25-12-13-8-15(11-23)19(17(22)9-13)27-31(2,29)30/h4-9,27H,3,10,12H2,1-2H3,(H,24,26)(H,25,28)/b7-5+. The number of hydrogen-bond acceptors (Lipinski definition) is 6. The van der Waals surface area contributed by atoms with Gasteiger partial charge in [0.2, 0.25) is 15.9 Å². The number of alkyl halides is 1. The Morgan fingerprint density at radius 3 is 2.68 bits per heavy atom. The maximum Gasteiger partial charge on any atom is 0.244 e. The number of anilines is 2. The molecule has 0 aliphatic rings. The molecule has 0 fully saturated rings. The number of halogens is 2. The van der Waals surface area contributed by atoms with Gasteiger partial charge in [-0.3, -0.25) is 9.52 Å². The molecule has 2 aromatic rings. The van der Waals surface area contributed by atoms with Gasteiger partial charge in [-0.15, -0.1) is 0 Å². The summed E-state index contributed by atoms with van der Waals surface area (Å²) in [6.45, 7) is 1.62. The summed E-state index contributed by atoms with van der Waals surface area (Å²) in [6.07, 6.45) is 3.59. The van der Waals surface area contributed by atoms with Crippen LogP contribution in [0.25, 0.3) is 6.08 Å². The summed E-state index contributed by atoms with van der Waals surface area (Å²) in [5, 5.41) is 14.7. The third-order valence-electron chi connectivity index (χ3n) is 3.90. The minimum Gasteiger partial charge on any atom is -0.370 e. The van der Waals surface area contributed by atoms with Crippen LogP contribution in [-0.2, 0) is 28.0 Å². The van der Waals surface area contributed by atoms with Gasteiger partial charge >= 0.3 is 0 Å². The second kappa shape index (κ2) is 10.5. The molecule has 0 aliphatic carbocycles. The molecular formula is C20H21F2N5O3S. The van der Waals surface area contributed by atoms with Gasteiger partial charge in [-0.25, -0.2) is 22.2 Å². The van der Waals surface area contributed by atoms with E-state index in [2.05, 4.69) is 15.6 Å². The first-order valence-electron chi connectivity index (χ1n) is 9.12. The molecule has 1 heterocycles. The topological polar surface area (TPSA) is 124 Å². The monoisotopic (exact) mass is 449 g/mol. The predicted octanol–water partition coefficient (Wildman–Crippen LogP) is 2.69. The zero-order valence-electron chi connectivity index (χ0n) is 16.9. The molecule has 3 N–H and O–H groups in total. The fraction of sp³-hybridized carbons (Fsp3) is 0.250. The van der Waals surface area contributed by atoms with Gasteiger partial charge in [0.25, 0.3) is 0 Å². The van der Waals surface area contributed by atoms with Crippen LogP contribution >= 0.6 is 0 Å². The van der Waals surface area contributed by atoms with Crippen LogP contribution in [0.1, 0.15) is 29.3 Å². The lowest BCUT2D eigenvalue weighted by molar-refractivity contribution is -0.116. The van der Waals surface area contributed by atoms with Gasteiger partial charge in [-0.1, -0.05) is 0 Å². The molecule has 0 saturated carbocycles. The van der Waals surface area contributed by atoms with Crippen LogP contribution in [0.15, 0.2) is 30.3 Å². The molecule has 1 aromatic carbocycles. The quantitative estimate of drug-likeness (QED) is 0.506. The SMILES string of the molecule is CCNc1nc(CF)ccc1/C=C/C(=O)NCc1cc(F)c(NS(C)(=O)=O)c(C#N)c1. The van der Waals surface area contributed by atoms with Gasteiger partial charge in [0, 0.05) is 24.7 Å². The Morgan fingerprint density at radius 1 is 1.32 bits per heavy atom. The Kier molecular flexibility index (Phi) is 8.04. The summed E-state index contributed by atoms with van der Waals surface area (Å²) in [6, 6.07) is 7.18. The highest BCUT2D eigenvalue weighted by molar-refractivity contribution is 7.92. The normalized spacial score (nSPS) is 11.2. The Balaban J connectivity index is 2.11. The average molecular weight is 449 g/mol. The van der Waals surface area contributed by atoms with Crippen molar-refractivity contribution in [3.05, 3.63) is 58.5 Å². The van der Waals surface area contributed by atoms with E-state index < -0.39 is 34.1 Å². The van der Waals surface area contributed by atoms with Crippen molar-refractivity contribution in [2.45, 2.75) is 20.1 Å². The molecule has 0 atom stereocenters. The van der Waals surface area contributed by atoms with Crippen molar-refractivity contribution < 1.29 is 22.0 Å². The number of nitriles is 1. The summed E-state index contributed by atoms with van der Waals surface area (Å²) in [5.41, 5.74) is 0.474. The Morgan fingerprint density at radius 2 is 2.06 bits per heavy atom. The molecule has 8 nitrogen and oxygen atoms in total. The van der Waals surface area contributed by atoms with Gasteiger partial charge in [0.15, 0.2) is 0 Å². The van der Waals surface area contributed by atoms with Crippen LogP contribution < -0.4 is 15.4 Å². The number of nitrogens with zero attached hydrogens (tertiary/aromatic N) is 2. The van der Waals surface area contributed by atoms with Gasteiger partial charge in [0.1, 0.15) is 30.1 Å². The molecule has 11 heteroatoms. The zero-order valence-corrected chi connectivity index (χ0v) is 17.7. The minimum atomic E-state index is -3.77. The maximum absolute atomic E-state index is 14.3. The predicted molar refractivity (Wildman–Crippen MR) is 114 cm³/mol. The Labute approximate surface area is 179 Å². The number of benzene rings is 1. The van der Waals surface area contributed by atoms with E-state index in [4.69, 9.17) is 0 Å². The van der Waals surface area contributed by atoms with Crippen LogP contribution in [-0.4, -0.2) is 32.1 Å². The first-order valence-corrected chi connectivity index (χ1v) is 11.0. The third kappa shape index (κ3) is 7.04. The van der Waals surface area contributed by atoms with Crippen LogP contribution in [0.2, 0.25) is 0 Å². The lowest BCUT2D eigenvalue weighted by atomic mass is 10.1. The van der Waals surface area contributed by atoms with E-state index in [9.17, 15) is 27.3 Å².